The summed E-state index contributed by atoms with van der Waals surface area (Å²) in [4.78, 5) is 2.26. The molecule has 1 aliphatic rings. The summed E-state index contributed by atoms with van der Waals surface area (Å²) >= 11 is 1.49. The Balaban J connectivity index is 1.83. The number of hydrogen-bond acceptors (Lipinski definition) is 3. The standard InChI is InChI=1S/C17H18N2O2S2/c1-14-7-9-16(10-8-14)23(20,21)18-17-19(11-12-22-17)13-15-5-3-2-4-6-15/h2-10H,11-13H2,1H3/b18-17-. The Hall–Kier alpha value is -1.79. The lowest BCUT2D eigenvalue weighted by molar-refractivity contribution is 0.457. The van der Waals surface area contributed by atoms with Crippen LogP contribution in [0.1, 0.15) is 11.1 Å². The topological polar surface area (TPSA) is 49.7 Å². The molecule has 0 unspecified atom stereocenters. The molecule has 120 valence electrons. The molecule has 4 nitrogen and oxygen atoms in total. The summed E-state index contributed by atoms with van der Waals surface area (Å²) in [6, 6.07) is 16.8. The normalized spacial score (nSPS) is 16.9. The molecule has 0 aliphatic carbocycles. The first-order valence-electron chi connectivity index (χ1n) is 7.38. The van der Waals surface area contributed by atoms with Gasteiger partial charge in [-0.25, -0.2) is 0 Å². The maximum atomic E-state index is 12.5. The molecule has 1 aliphatic heterocycles. The van der Waals surface area contributed by atoms with E-state index in [0.717, 1.165) is 23.4 Å². The van der Waals surface area contributed by atoms with Crippen molar-refractivity contribution in [2.75, 3.05) is 12.3 Å². The van der Waals surface area contributed by atoms with Crippen LogP contribution in [-0.4, -0.2) is 30.8 Å². The third kappa shape index (κ3) is 3.95. The zero-order valence-corrected chi connectivity index (χ0v) is 14.5. The van der Waals surface area contributed by atoms with Gasteiger partial charge in [-0.15, -0.1) is 4.40 Å². The number of thioether (sulfide) groups is 1. The van der Waals surface area contributed by atoms with Gasteiger partial charge in [0.2, 0.25) is 0 Å². The lowest BCUT2D eigenvalue weighted by atomic mass is 10.2. The van der Waals surface area contributed by atoms with Crippen molar-refractivity contribution in [3.63, 3.8) is 0 Å². The zero-order valence-electron chi connectivity index (χ0n) is 12.8. The molecular weight excluding hydrogens is 328 g/mol. The van der Waals surface area contributed by atoms with E-state index in [-0.39, 0.29) is 4.90 Å². The molecule has 0 saturated carbocycles. The first-order chi connectivity index (χ1) is 11.0. The Labute approximate surface area is 141 Å². The minimum absolute atomic E-state index is 0.239. The molecule has 0 atom stereocenters. The number of nitrogens with zero attached hydrogens (tertiary/aromatic N) is 2. The van der Waals surface area contributed by atoms with E-state index in [1.165, 1.54) is 11.8 Å². The fraction of sp³-hybridized carbons (Fsp3) is 0.235. The van der Waals surface area contributed by atoms with Gasteiger partial charge in [0.15, 0.2) is 5.17 Å². The number of rotatable bonds is 4. The highest BCUT2D eigenvalue weighted by Gasteiger charge is 2.23. The summed E-state index contributed by atoms with van der Waals surface area (Å²) in [5, 5.41) is 0.578. The predicted octanol–water partition coefficient (Wildman–Crippen LogP) is 3.29. The fourth-order valence-electron chi connectivity index (χ4n) is 2.33. The Morgan fingerprint density at radius 2 is 1.78 bits per heavy atom. The highest BCUT2D eigenvalue weighted by atomic mass is 32.2. The SMILES string of the molecule is Cc1ccc(S(=O)(=O)/N=C2\SCCN2Cc2ccccc2)cc1. The minimum Gasteiger partial charge on any atom is -0.345 e. The van der Waals surface area contributed by atoms with Gasteiger partial charge in [0.05, 0.1) is 4.90 Å². The first-order valence-corrected chi connectivity index (χ1v) is 9.80. The predicted molar refractivity (Wildman–Crippen MR) is 95.1 cm³/mol. The molecule has 1 fully saturated rings. The van der Waals surface area contributed by atoms with Gasteiger partial charge >= 0.3 is 0 Å². The highest BCUT2D eigenvalue weighted by molar-refractivity contribution is 8.14. The Bertz CT molecular complexity index is 800. The lowest BCUT2D eigenvalue weighted by Crippen LogP contribution is -2.24. The number of amidine groups is 1. The van der Waals surface area contributed by atoms with Crippen LogP contribution in [0.25, 0.3) is 0 Å². The maximum absolute atomic E-state index is 12.5. The zero-order chi connectivity index (χ0) is 16.3. The van der Waals surface area contributed by atoms with Crippen molar-refractivity contribution in [1.29, 1.82) is 0 Å². The molecule has 2 aromatic rings. The van der Waals surface area contributed by atoms with Crippen molar-refractivity contribution in [3.05, 3.63) is 65.7 Å². The summed E-state index contributed by atoms with van der Waals surface area (Å²) in [5.74, 6) is 0.856. The Morgan fingerprint density at radius 3 is 2.48 bits per heavy atom. The average Bonchev–Trinajstić information content (AvgIpc) is 2.95. The molecule has 23 heavy (non-hydrogen) atoms. The van der Waals surface area contributed by atoms with E-state index < -0.39 is 10.0 Å². The first kappa shape index (κ1) is 16.1. The molecule has 0 aromatic heterocycles. The molecule has 0 N–H and O–H groups in total. The number of aryl methyl sites for hydroxylation is 1. The molecule has 0 amide bonds. The van der Waals surface area contributed by atoms with Gasteiger partial charge in [0, 0.05) is 18.8 Å². The van der Waals surface area contributed by atoms with E-state index in [1.54, 1.807) is 24.3 Å². The van der Waals surface area contributed by atoms with E-state index in [1.807, 2.05) is 42.2 Å². The third-order valence-corrected chi connectivity index (χ3v) is 5.99. The molecule has 3 rings (SSSR count). The fourth-order valence-corrected chi connectivity index (χ4v) is 4.58. The van der Waals surface area contributed by atoms with E-state index >= 15 is 0 Å². The van der Waals surface area contributed by atoms with Crippen LogP contribution in [0.5, 0.6) is 0 Å². The van der Waals surface area contributed by atoms with E-state index in [4.69, 9.17) is 0 Å². The van der Waals surface area contributed by atoms with E-state index in [9.17, 15) is 8.42 Å². The molecule has 6 heteroatoms. The van der Waals surface area contributed by atoms with Crippen LogP contribution >= 0.6 is 11.8 Å². The molecule has 1 heterocycles. The summed E-state index contributed by atoms with van der Waals surface area (Å²) in [6.07, 6.45) is 0. The van der Waals surface area contributed by atoms with Crippen LogP contribution in [0.4, 0.5) is 0 Å². The van der Waals surface area contributed by atoms with Crippen LogP contribution in [0.15, 0.2) is 63.9 Å². The van der Waals surface area contributed by atoms with Crippen molar-refractivity contribution in [3.8, 4) is 0 Å². The molecule has 0 spiro atoms. The van der Waals surface area contributed by atoms with Crippen molar-refractivity contribution in [1.82, 2.24) is 4.90 Å². The summed E-state index contributed by atoms with van der Waals surface area (Å²) < 4.78 is 29.0. The van der Waals surface area contributed by atoms with Gasteiger partial charge in [-0.2, -0.15) is 8.42 Å². The second-order valence-corrected chi connectivity index (χ2v) is 8.08. The van der Waals surface area contributed by atoms with Crippen molar-refractivity contribution in [2.24, 2.45) is 4.40 Å². The van der Waals surface area contributed by atoms with E-state index in [0.29, 0.717) is 11.7 Å². The summed E-state index contributed by atoms with van der Waals surface area (Å²) in [6.45, 7) is 3.41. The van der Waals surface area contributed by atoms with Crippen LogP contribution in [0.3, 0.4) is 0 Å². The van der Waals surface area contributed by atoms with E-state index in [2.05, 4.69) is 4.40 Å². The van der Waals surface area contributed by atoms with Gasteiger partial charge in [-0.05, 0) is 24.6 Å². The van der Waals surface area contributed by atoms with Gasteiger partial charge in [-0.1, -0.05) is 59.8 Å². The smallest absolute Gasteiger partial charge is 0.284 e. The molecule has 2 aromatic carbocycles. The molecular formula is C17H18N2O2S2. The molecule has 0 radical (unpaired) electrons. The van der Waals surface area contributed by atoms with Crippen molar-refractivity contribution >= 4 is 27.0 Å². The Morgan fingerprint density at radius 1 is 1.09 bits per heavy atom. The van der Waals surface area contributed by atoms with Crippen LogP contribution in [0.2, 0.25) is 0 Å². The highest BCUT2D eigenvalue weighted by Crippen LogP contribution is 2.23. The van der Waals surface area contributed by atoms with Gasteiger partial charge in [-0.3, -0.25) is 0 Å². The largest absolute Gasteiger partial charge is 0.345 e. The van der Waals surface area contributed by atoms with Crippen molar-refractivity contribution < 1.29 is 8.42 Å². The Kier molecular flexibility index (Phi) is 4.73. The van der Waals surface area contributed by atoms with Gasteiger partial charge in [0.1, 0.15) is 0 Å². The number of hydrogen-bond donors (Lipinski definition) is 0. The van der Waals surface area contributed by atoms with Crippen LogP contribution in [0, 0.1) is 6.92 Å². The molecule has 1 saturated heterocycles. The second kappa shape index (κ2) is 6.76. The van der Waals surface area contributed by atoms with Gasteiger partial charge in [0.25, 0.3) is 10.0 Å². The van der Waals surface area contributed by atoms with Crippen LogP contribution < -0.4 is 0 Å². The quantitative estimate of drug-likeness (QED) is 0.852. The van der Waals surface area contributed by atoms with Gasteiger partial charge < -0.3 is 4.90 Å². The van der Waals surface area contributed by atoms with Crippen molar-refractivity contribution in [2.45, 2.75) is 18.4 Å². The summed E-state index contributed by atoms with van der Waals surface area (Å²) in [7, 11) is -3.66. The average molecular weight is 346 g/mol. The monoisotopic (exact) mass is 346 g/mol. The number of sulfonamides is 1. The third-order valence-electron chi connectivity index (χ3n) is 3.60. The maximum Gasteiger partial charge on any atom is 0.284 e. The lowest BCUT2D eigenvalue weighted by Gasteiger charge is -2.17. The number of benzene rings is 2. The second-order valence-electron chi connectivity index (χ2n) is 5.42. The molecule has 0 bridgehead atoms. The minimum atomic E-state index is -3.66. The summed E-state index contributed by atoms with van der Waals surface area (Å²) in [5.41, 5.74) is 2.17. The van der Waals surface area contributed by atoms with Crippen LogP contribution in [-0.2, 0) is 16.6 Å².